The minimum atomic E-state index is -0.178. The van der Waals surface area contributed by atoms with Crippen molar-refractivity contribution < 1.29 is 4.79 Å². The largest absolute Gasteiger partial charge is 0.345 e. The number of rotatable bonds is 7. The molecule has 0 aliphatic carbocycles. The summed E-state index contributed by atoms with van der Waals surface area (Å²) in [7, 11) is 0. The molecule has 3 rings (SSSR count). The Morgan fingerprint density at radius 2 is 1.96 bits per heavy atom. The minimum Gasteiger partial charge on any atom is -0.345 e. The molecule has 1 aromatic carbocycles. The third kappa shape index (κ3) is 4.50. The lowest BCUT2D eigenvalue weighted by Crippen LogP contribution is -2.29. The molecule has 0 saturated heterocycles. The average molecular weight is 335 g/mol. The van der Waals surface area contributed by atoms with E-state index in [1.807, 2.05) is 24.3 Å². The number of hydrogen-bond acceptors (Lipinski definition) is 4. The van der Waals surface area contributed by atoms with E-state index in [-0.39, 0.29) is 11.9 Å². The zero-order valence-corrected chi connectivity index (χ0v) is 14.2. The van der Waals surface area contributed by atoms with E-state index >= 15 is 0 Å². The lowest BCUT2D eigenvalue weighted by Gasteiger charge is -2.21. The molecule has 0 radical (unpaired) electrons. The first kappa shape index (κ1) is 16.8. The molecule has 1 N–H and O–H groups in total. The summed E-state index contributed by atoms with van der Waals surface area (Å²) in [4.78, 5) is 20.4. The Hall–Kier alpha value is -3.02. The summed E-state index contributed by atoms with van der Waals surface area (Å²) in [5.41, 5.74) is 3.26. The second kappa shape index (κ2) is 8.19. The topological polar surface area (TPSA) is 72.7 Å². The molecule has 0 bridgehead atoms. The predicted molar refractivity (Wildman–Crippen MR) is 94.7 cm³/mol. The fraction of sp³-hybridized carbons (Fsp3) is 0.263. The van der Waals surface area contributed by atoms with Crippen LogP contribution in [0.5, 0.6) is 0 Å². The Labute approximate surface area is 146 Å². The molecule has 2 heterocycles. The third-order valence-electron chi connectivity index (χ3n) is 4.10. The van der Waals surface area contributed by atoms with E-state index in [0.29, 0.717) is 19.4 Å². The highest BCUT2D eigenvalue weighted by molar-refractivity contribution is 5.77. The van der Waals surface area contributed by atoms with Gasteiger partial charge in [0.15, 0.2) is 0 Å². The van der Waals surface area contributed by atoms with Gasteiger partial charge in [0, 0.05) is 25.4 Å². The van der Waals surface area contributed by atoms with Crippen LogP contribution in [0, 0.1) is 6.92 Å². The van der Waals surface area contributed by atoms with E-state index in [0.717, 1.165) is 16.7 Å². The molecule has 6 nitrogen and oxygen atoms in total. The SMILES string of the molecule is Cc1ccccc1C(NC(=O)CCCn1cncn1)c1ccncc1. The second-order valence-electron chi connectivity index (χ2n) is 5.90. The first-order valence-corrected chi connectivity index (χ1v) is 8.31. The van der Waals surface area contributed by atoms with Gasteiger partial charge in [-0.3, -0.25) is 14.5 Å². The highest BCUT2D eigenvalue weighted by Gasteiger charge is 2.18. The molecule has 0 aliphatic rings. The van der Waals surface area contributed by atoms with Gasteiger partial charge >= 0.3 is 0 Å². The molecule has 0 spiro atoms. The van der Waals surface area contributed by atoms with Crippen molar-refractivity contribution in [3.63, 3.8) is 0 Å². The van der Waals surface area contributed by atoms with Crippen LogP contribution in [-0.4, -0.2) is 25.7 Å². The van der Waals surface area contributed by atoms with Gasteiger partial charge in [-0.2, -0.15) is 5.10 Å². The lowest BCUT2D eigenvalue weighted by molar-refractivity contribution is -0.121. The van der Waals surface area contributed by atoms with E-state index in [2.05, 4.69) is 39.4 Å². The number of carbonyl (C=O) groups excluding carboxylic acids is 1. The number of nitrogens with zero attached hydrogens (tertiary/aromatic N) is 4. The van der Waals surface area contributed by atoms with Gasteiger partial charge in [0.25, 0.3) is 0 Å². The van der Waals surface area contributed by atoms with E-state index in [9.17, 15) is 4.79 Å². The number of benzene rings is 1. The summed E-state index contributed by atoms with van der Waals surface area (Å²) in [5.74, 6) is 0.0187. The molecule has 25 heavy (non-hydrogen) atoms. The fourth-order valence-corrected chi connectivity index (χ4v) is 2.79. The van der Waals surface area contributed by atoms with Crippen molar-refractivity contribution in [1.29, 1.82) is 0 Å². The summed E-state index contributed by atoms with van der Waals surface area (Å²) in [5, 5.41) is 7.21. The van der Waals surface area contributed by atoms with Gasteiger partial charge in [-0.05, 0) is 42.2 Å². The third-order valence-corrected chi connectivity index (χ3v) is 4.10. The molecule has 0 fully saturated rings. The van der Waals surface area contributed by atoms with Crippen LogP contribution < -0.4 is 5.32 Å². The van der Waals surface area contributed by atoms with Crippen LogP contribution in [0.15, 0.2) is 61.4 Å². The van der Waals surface area contributed by atoms with Crippen LogP contribution in [0.3, 0.4) is 0 Å². The van der Waals surface area contributed by atoms with Crippen molar-refractivity contribution in [2.75, 3.05) is 0 Å². The van der Waals surface area contributed by atoms with Crippen molar-refractivity contribution in [3.05, 3.63) is 78.1 Å². The van der Waals surface area contributed by atoms with Crippen molar-refractivity contribution >= 4 is 5.91 Å². The van der Waals surface area contributed by atoms with Gasteiger partial charge in [-0.15, -0.1) is 0 Å². The lowest BCUT2D eigenvalue weighted by atomic mass is 9.95. The predicted octanol–water partition coefficient (Wildman–Crippen LogP) is 2.67. The van der Waals surface area contributed by atoms with Crippen LogP contribution >= 0.6 is 0 Å². The quantitative estimate of drug-likeness (QED) is 0.720. The Balaban J connectivity index is 1.69. The highest BCUT2D eigenvalue weighted by atomic mass is 16.1. The van der Waals surface area contributed by atoms with Gasteiger partial charge in [-0.25, -0.2) is 4.98 Å². The number of nitrogens with one attached hydrogen (secondary N) is 1. The zero-order valence-electron chi connectivity index (χ0n) is 14.2. The van der Waals surface area contributed by atoms with Gasteiger partial charge < -0.3 is 5.32 Å². The van der Waals surface area contributed by atoms with Crippen molar-refractivity contribution in [1.82, 2.24) is 25.1 Å². The normalized spacial score (nSPS) is 11.9. The van der Waals surface area contributed by atoms with Gasteiger partial charge in [0.05, 0.1) is 6.04 Å². The van der Waals surface area contributed by atoms with Crippen molar-refractivity contribution in [2.45, 2.75) is 32.4 Å². The molecule has 1 amide bonds. The molecule has 2 aromatic heterocycles. The molecule has 3 aromatic rings. The van der Waals surface area contributed by atoms with E-state index in [1.165, 1.54) is 6.33 Å². The Morgan fingerprint density at radius 1 is 1.16 bits per heavy atom. The monoisotopic (exact) mass is 335 g/mol. The Morgan fingerprint density at radius 3 is 2.68 bits per heavy atom. The molecule has 0 aliphatic heterocycles. The van der Waals surface area contributed by atoms with Crippen LogP contribution in [0.4, 0.5) is 0 Å². The van der Waals surface area contributed by atoms with Crippen LogP contribution in [0.1, 0.15) is 35.6 Å². The summed E-state index contributed by atoms with van der Waals surface area (Å²) < 4.78 is 1.73. The van der Waals surface area contributed by atoms with Crippen LogP contribution in [0.25, 0.3) is 0 Å². The average Bonchev–Trinajstić information content (AvgIpc) is 3.15. The standard InChI is InChI=1S/C19H21N5O/c1-15-5-2-3-6-17(15)19(16-8-10-20-11-9-16)23-18(25)7-4-12-24-14-21-13-22-24/h2-3,5-6,8-11,13-14,19H,4,7,12H2,1H3,(H,23,25). The molecule has 1 unspecified atom stereocenters. The summed E-state index contributed by atoms with van der Waals surface area (Å²) in [6.45, 7) is 2.73. The number of aromatic nitrogens is 4. The van der Waals surface area contributed by atoms with Crippen LogP contribution in [-0.2, 0) is 11.3 Å². The fourth-order valence-electron chi connectivity index (χ4n) is 2.79. The van der Waals surface area contributed by atoms with Gasteiger partial charge in [-0.1, -0.05) is 24.3 Å². The van der Waals surface area contributed by atoms with Crippen LogP contribution in [0.2, 0.25) is 0 Å². The summed E-state index contributed by atoms with van der Waals surface area (Å²) in [6.07, 6.45) is 7.80. The molecule has 128 valence electrons. The first-order valence-electron chi connectivity index (χ1n) is 8.31. The van der Waals surface area contributed by atoms with E-state index in [1.54, 1.807) is 23.4 Å². The maximum Gasteiger partial charge on any atom is 0.220 e. The summed E-state index contributed by atoms with van der Waals surface area (Å²) >= 11 is 0. The van der Waals surface area contributed by atoms with Gasteiger partial charge in [0.2, 0.25) is 5.91 Å². The number of carbonyl (C=O) groups is 1. The number of pyridine rings is 1. The van der Waals surface area contributed by atoms with Gasteiger partial charge in [0.1, 0.15) is 12.7 Å². The van der Waals surface area contributed by atoms with E-state index in [4.69, 9.17) is 0 Å². The maximum atomic E-state index is 12.5. The van der Waals surface area contributed by atoms with Crippen molar-refractivity contribution in [3.8, 4) is 0 Å². The minimum absolute atomic E-state index is 0.0187. The maximum absolute atomic E-state index is 12.5. The molecule has 1 atom stereocenters. The zero-order chi connectivity index (χ0) is 17.5. The Kier molecular flexibility index (Phi) is 5.51. The Bertz CT molecular complexity index is 802. The number of aryl methyl sites for hydroxylation is 2. The molecule has 6 heteroatoms. The molecular formula is C19H21N5O. The number of amides is 1. The highest BCUT2D eigenvalue weighted by Crippen LogP contribution is 2.24. The van der Waals surface area contributed by atoms with Crippen molar-refractivity contribution in [2.24, 2.45) is 0 Å². The molecule has 0 saturated carbocycles. The first-order chi connectivity index (χ1) is 12.2. The second-order valence-corrected chi connectivity index (χ2v) is 5.90. The number of hydrogen-bond donors (Lipinski definition) is 1. The smallest absolute Gasteiger partial charge is 0.220 e. The molecular weight excluding hydrogens is 314 g/mol. The summed E-state index contributed by atoms with van der Waals surface area (Å²) in [6, 6.07) is 11.8. The van der Waals surface area contributed by atoms with E-state index < -0.39 is 0 Å².